The predicted octanol–water partition coefficient (Wildman–Crippen LogP) is 25.3. The second-order valence-electron chi connectivity index (χ2n) is 29.5. The predicted molar refractivity (Wildman–Crippen MR) is 423 cm³/mol. The molecule has 0 aromatic carbocycles. The van der Waals surface area contributed by atoms with Crippen molar-refractivity contribution in [2.45, 2.75) is 451 Å². The van der Waals surface area contributed by atoms with Crippen molar-refractivity contribution in [1.29, 1.82) is 0 Å². The summed E-state index contributed by atoms with van der Waals surface area (Å²) in [5.74, 6) is -2.13. The Kier molecular flexibility index (Phi) is 75.8. The zero-order valence-corrected chi connectivity index (χ0v) is 68.6. The number of carbonyl (C=O) groups is 4. The van der Waals surface area contributed by atoms with Gasteiger partial charge in [0.1, 0.15) is 19.3 Å². The number of aliphatic hydroxyl groups excluding tert-OH is 1. The highest BCUT2D eigenvalue weighted by Gasteiger charge is 2.30. The Bertz CT molecular complexity index is 2040. The minimum Gasteiger partial charge on any atom is -0.462 e. The third-order valence-electron chi connectivity index (χ3n) is 19.2. The first-order valence-electron chi connectivity index (χ1n) is 43.1. The maximum absolute atomic E-state index is 13.1. The van der Waals surface area contributed by atoms with Crippen molar-refractivity contribution in [3.63, 3.8) is 0 Å². The molecule has 2 unspecified atom stereocenters. The number of hydrogen-bond donors (Lipinski definition) is 3. The molecule has 0 heterocycles. The first kappa shape index (κ1) is 101. The van der Waals surface area contributed by atoms with E-state index in [0.717, 1.165) is 109 Å². The monoisotopic (exact) mass is 1500 g/mol. The number of hydrogen-bond acceptors (Lipinski definition) is 15. The summed E-state index contributed by atoms with van der Waals surface area (Å²) in [6.07, 6.45) is 74.4. The van der Waals surface area contributed by atoms with Crippen LogP contribution in [0.2, 0.25) is 0 Å². The standard InChI is InChI=1S/C84H160O17P2/c1-5-9-13-17-21-25-29-32-35-36-37-38-39-40-41-44-47-51-55-59-63-67-71-84(89)101-80(75-95-82(87)69-65-61-57-53-49-45-42-33-30-26-22-18-14-10-6-2)77-99-103(92,93)97-73-78(85)72-96-102(90,91)98-76-79(74-94-81(86)68-64-60-56-52-48-28-24-20-16-12-8-4)100-83(88)70-66-62-58-54-50-46-43-34-31-27-23-19-15-11-7-3/h26,30,33,42,78-80,85H,5-25,27-29,31-32,34-41,43-77H2,1-4H3,(H,90,91)(H,92,93)/b30-26-,42-33-/t78-,79+,80+/m0/s1. The summed E-state index contributed by atoms with van der Waals surface area (Å²) < 4.78 is 68.8. The summed E-state index contributed by atoms with van der Waals surface area (Å²) in [6, 6.07) is 0. The molecule has 3 N–H and O–H groups in total. The maximum Gasteiger partial charge on any atom is 0.472 e. The van der Waals surface area contributed by atoms with E-state index in [1.807, 2.05) is 0 Å². The van der Waals surface area contributed by atoms with Crippen LogP contribution in [0.1, 0.15) is 432 Å². The van der Waals surface area contributed by atoms with Gasteiger partial charge in [-0.15, -0.1) is 0 Å². The normalized spacial score (nSPS) is 13.9. The third-order valence-corrected chi connectivity index (χ3v) is 21.1. The summed E-state index contributed by atoms with van der Waals surface area (Å²) >= 11 is 0. The van der Waals surface area contributed by atoms with Crippen LogP contribution in [0.25, 0.3) is 0 Å². The molecule has 5 atom stereocenters. The second kappa shape index (κ2) is 77.7. The van der Waals surface area contributed by atoms with Crippen LogP contribution in [0.4, 0.5) is 0 Å². The number of esters is 4. The Morgan fingerprint density at radius 1 is 0.272 bits per heavy atom. The number of phosphoric ester groups is 2. The summed E-state index contributed by atoms with van der Waals surface area (Å²) in [7, 11) is -9.93. The Morgan fingerprint density at radius 2 is 0.466 bits per heavy atom. The van der Waals surface area contributed by atoms with E-state index in [2.05, 4.69) is 52.0 Å². The number of rotatable bonds is 83. The quantitative estimate of drug-likeness (QED) is 0.0169. The van der Waals surface area contributed by atoms with E-state index in [1.54, 1.807) is 0 Å². The van der Waals surface area contributed by atoms with Gasteiger partial charge < -0.3 is 33.8 Å². The largest absolute Gasteiger partial charge is 0.472 e. The highest BCUT2D eigenvalue weighted by atomic mass is 31.2. The zero-order chi connectivity index (χ0) is 75.3. The van der Waals surface area contributed by atoms with Crippen LogP contribution in [0.5, 0.6) is 0 Å². The van der Waals surface area contributed by atoms with Crippen LogP contribution in [-0.4, -0.2) is 96.7 Å². The van der Waals surface area contributed by atoms with E-state index in [9.17, 15) is 43.2 Å². The van der Waals surface area contributed by atoms with E-state index >= 15 is 0 Å². The molecule has 0 rings (SSSR count). The van der Waals surface area contributed by atoms with Gasteiger partial charge in [0.15, 0.2) is 12.2 Å². The first-order chi connectivity index (χ1) is 50.2. The molecule has 608 valence electrons. The molecule has 0 aliphatic carbocycles. The van der Waals surface area contributed by atoms with Crippen molar-refractivity contribution >= 4 is 39.5 Å². The van der Waals surface area contributed by atoms with Crippen LogP contribution in [0.3, 0.4) is 0 Å². The van der Waals surface area contributed by atoms with Gasteiger partial charge in [0.05, 0.1) is 26.4 Å². The molecule has 0 aliphatic heterocycles. The minimum absolute atomic E-state index is 0.103. The first-order valence-corrected chi connectivity index (χ1v) is 46.1. The summed E-state index contributed by atoms with van der Waals surface area (Å²) in [5, 5.41) is 10.7. The van der Waals surface area contributed by atoms with Gasteiger partial charge in [0.2, 0.25) is 0 Å². The molecule has 103 heavy (non-hydrogen) atoms. The van der Waals surface area contributed by atoms with Gasteiger partial charge in [-0.1, -0.05) is 379 Å². The lowest BCUT2D eigenvalue weighted by molar-refractivity contribution is -0.161. The molecule has 0 aromatic heterocycles. The van der Waals surface area contributed by atoms with Crippen molar-refractivity contribution < 1.29 is 80.2 Å². The van der Waals surface area contributed by atoms with E-state index < -0.39 is 97.5 Å². The zero-order valence-electron chi connectivity index (χ0n) is 66.8. The topological polar surface area (TPSA) is 237 Å². The molecular formula is C84H160O17P2. The van der Waals surface area contributed by atoms with Gasteiger partial charge in [-0.2, -0.15) is 0 Å². The lowest BCUT2D eigenvalue weighted by Crippen LogP contribution is -2.30. The molecule has 0 fully saturated rings. The van der Waals surface area contributed by atoms with Gasteiger partial charge in [0.25, 0.3) is 0 Å². The minimum atomic E-state index is -4.97. The molecule has 0 bridgehead atoms. The highest BCUT2D eigenvalue weighted by Crippen LogP contribution is 2.45. The maximum atomic E-state index is 13.1. The second-order valence-corrected chi connectivity index (χ2v) is 32.4. The number of unbranched alkanes of at least 4 members (excludes halogenated alkanes) is 54. The molecule has 0 radical (unpaired) electrons. The van der Waals surface area contributed by atoms with Gasteiger partial charge in [-0.05, 0) is 51.4 Å². The molecule has 0 saturated carbocycles. The fraction of sp³-hybridized carbons (Fsp3) is 0.905. The highest BCUT2D eigenvalue weighted by molar-refractivity contribution is 7.47. The molecular weight excluding hydrogens is 1340 g/mol. The van der Waals surface area contributed by atoms with Crippen LogP contribution in [0.15, 0.2) is 24.3 Å². The van der Waals surface area contributed by atoms with Crippen molar-refractivity contribution in [3.8, 4) is 0 Å². The van der Waals surface area contributed by atoms with Gasteiger partial charge in [-0.25, -0.2) is 9.13 Å². The van der Waals surface area contributed by atoms with E-state index in [4.69, 9.17) is 37.0 Å². The third kappa shape index (κ3) is 77.5. The average Bonchev–Trinajstić information content (AvgIpc) is 0.913. The lowest BCUT2D eigenvalue weighted by Gasteiger charge is -2.21. The lowest BCUT2D eigenvalue weighted by atomic mass is 10.0. The molecule has 0 spiro atoms. The Morgan fingerprint density at radius 3 is 0.709 bits per heavy atom. The number of aliphatic hydroxyl groups is 1. The van der Waals surface area contributed by atoms with Crippen LogP contribution in [0, 0.1) is 0 Å². The molecule has 0 saturated heterocycles. The molecule has 19 heteroatoms. The molecule has 0 aromatic rings. The molecule has 0 aliphatic rings. The fourth-order valence-corrected chi connectivity index (χ4v) is 14.2. The summed E-state index contributed by atoms with van der Waals surface area (Å²) in [6.45, 7) is 4.97. The van der Waals surface area contributed by atoms with E-state index in [1.165, 1.54) is 244 Å². The van der Waals surface area contributed by atoms with Crippen LogP contribution in [-0.2, 0) is 65.4 Å². The molecule has 0 amide bonds. The van der Waals surface area contributed by atoms with Gasteiger partial charge in [0, 0.05) is 25.7 Å². The Labute approximate surface area is 631 Å². The molecule has 17 nitrogen and oxygen atoms in total. The average molecular weight is 1500 g/mol. The summed E-state index contributed by atoms with van der Waals surface area (Å²) in [5.41, 5.74) is 0. The van der Waals surface area contributed by atoms with E-state index in [0.29, 0.717) is 25.7 Å². The van der Waals surface area contributed by atoms with Crippen LogP contribution >= 0.6 is 15.6 Å². The summed E-state index contributed by atoms with van der Waals surface area (Å²) in [4.78, 5) is 73.1. The van der Waals surface area contributed by atoms with Crippen molar-refractivity contribution in [1.82, 2.24) is 0 Å². The van der Waals surface area contributed by atoms with Gasteiger partial charge in [-0.3, -0.25) is 37.3 Å². The van der Waals surface area contributed by atoms with Gasteiger partial charge >= 0.3 is 39.5 Å². The number of allylic oxidation sites excluding steroid dienone is 4. The van der Waals surface area contributed by atoms with Crippen molar-refractivity contribution in [2.24, 2.45) is 0 Å². The van der Waals surface area contributed by atoms with E-state index in [-0.39, 0.29) is 25.7 Å². The Balaban J connectivity index is 5.25. The number of phosphoric acid groups is 2. The van der Waals surface area contributed by atoms with Crippen molar-refractivity contribution in [2.75, 3.05) is 39.6 Å². The Hall–Kier alpha value is -2.46. The van der Waals surface area contributed by atoms with Crippen molar-refractivity contribution in [3.05, 3.63) is 24.3 Å². The fourth-order valence-electron chi connectivity index (χ4n) is 12.6. The smallest absolute Gasteiger partial charge is 0.462 e. The number of ether oxygens (including phenoxy) is 4. The SMILES string of the molecule is CCCCCC/C=C\C=C/CCCCCCCC(=O)OC[C@H](COP(=O)(O)OC[C@@H](O)COP(=O)(O)OC[C@@H](COC(=O)CCCCCCCCCCCCC)OC(=O)CCCCCCCCCCCCCCCCC)OC(=O)CCCCCCCCCCCCCCCCCCCCCCCC. The van der Waals surface area contributed by atoms with Crippen LogP contribution < -0.4 is 0 Å². The number of carbonyl (C=O) groups excluding carboxylic acids is 4.